The fraction of sp³-hybridized carbons (Fsp3) is 0.345. The van der Waals surface area contributed by atoms with Crippen molar-refractivity contribution in [3.8, 4) is 11.5 Å². The van der Waals surface area contributed by atoms with Gasteiger partial charge in [-0.15, -0.1) is 0 Å². The van der Waals surface area contributed by atoms with Crippen molar-refractivity contribution in [3.63, 3.8) is 0 Å². The number of aliphatic carboxylic acids is 1. The number of rotatable bonds is 13. The molecule has 0 fully saturated rings. The van der Waals surface area contributed by atoms with Crippen LogP contribution in [-0.4, -0.2) is 37.0 Å². The Labute approximate surface area is 209 Å². The number of benzene rings is 3. The molecule has 5 nitrogen and oxygen atoms in total. The summed E-state index contributed by atoms with van der Waals surface area (Å²) in [6.45, 7) is 8.42. The number of ether oxygens (including phenoxy) is 1. The van der Waals surface area contributed by atoms with E-state index in [2.05, 4.69) is 49.6 Å². The van der Waals surface area contributed by atoms with Gasteiger partial charge in [-0.05, 0) is 66.3 Å². The van der Waals surface area contributed by atoms with Gasteiger partial charge in [-0.25, -0.2) is 0 Å². The summed E-state index contributed by atoms with van der Waals surface area (Å²) < 4.78 is 6.34. The molecule has 3 aromatic carbocycles. The number of hydrogen-bond acceptors (Lipinski definition) is 4. The van der Waals surface area contributed by atoms with Crippen molar-refractivity contribution in [1.82, 2.24) is 5.32 Å². The molecule has 0 aliphatic rings. The second kappa shape index (κ2) is 12.6. The summed E-state index contributed by atoms with van der Waals surface area (Å²) in [4.78, 5) is 11.0. The van der Waals surface area contributed by atoms with Crippen LogP contribution in [0.1, 0.15) is 35.6 Å². The first kappa shape index (κ1) is 26.5. The quantitative estimate of drug-likeness (QED) is 0.236. The van der Waals surface area contributed by atoms with Crippen LogP contribution in [0.4, 0.5) is 0 Å². The number of carboxylic acids is 1. The van der Waals surface area contributed by atoms with Crippen molar-refractivity contribution in [2.45, 2.75) is 52.2 Å². The average Bonchev–Trinajstić information content (AvgIpc) is 2.85. The zero-order chi connectivity index (χ0) is 25.3. The summed E-state index contributed by atoms with van der Waals surface area (Å²) in [5, 5.41) is 23.3. The van der Waals surface area contributed by atoms with E-state index in [-0.39, 0.29) is 6.42 Å². The molecule has 3 aromatic rings. The molecule has 0 saturated carbocycles. The van der Waals surface area contributed by atoms with Crippen LogP contribution in [0.2, 0.25) is 13.1 Å². The molecule has 6 heteroatoms. The molecule has 0 amide bonds. The highest BCUT2D eigenvalue weighted by Crippen LogP contribution is 2.25. The molecule has 0 heterocycles. The van der Waals surface area contributed by atoms with Gasteiger partial charge in [0.25, 0.3) is 0 Å². The molecule has 0 atom stereocenters. The van der Waals surface area contributed by atoms with Crippen molar-refractivity contribution in [1.29, 1.82) is 0 Å². The molecule has 0 aliphatic carbocycles. The Morgan fingerprint density at radius 1 is 0.943 bits per heavy atom. The smallest absolute Gasteiger partial charge is 0.303 e. The van der Waals surface area contributed by atoms with Crippen molar-refractivity contribution < 1.29 is 19.7 Å². The third kappa shape index (κ3) is 7.97. The van der Waals surface area contributed by atoms with E-state index in [9.17, 15) is 9.90 Å². The van der Waals surface area contributed by atoms with E-state index >= 15 is 0 Å². The fourth-order valence-corrected chi connectivity index (χ4v) is 5.92. The van der Waals surface area contributed by atoms with Gasteiger partial charge in [0.2, 0.25) is 0 Å². The van der Waals surface area contributed by atoms with Crippen LogP contribution in [0.5, 0.6) is 11.5 Å². The van der Waals surface area contributed by atoms with Crippen LogP contribution < -0.4 is 15.2 Å². The second-order valence-electron chi connectivity index (χ2n) is 9.60. The predicted molar refractivity (Wildman–Crippen MR) is 144 cm³/mol. The van der Waals surface area contributed by atoms with Gasteiger partial charge in [0.15, 0.2) is 0 Å². The topological polar surface area (TPSA) is 78.8 Å². The summed E-state index contributed by atoms with van der Waals surface area (Å²) in [7, 11) is -1.82. The molecule has 0 radical (unpaired) electrons. The molecule has 0 aliphatic heterocycles. The van der Waals surface area contributed by atoms with Gasteiger partial charge < -0.3 is 20.3 Å². The zero-order valence-electron chi connectivity index (χ0n) is 21.0. The van der Waals surface area contributed by atoms with Crippen molar-refractivity contribution in [2.24, 2.45) is 0 Å². The summed E-state index contributed by atoms with van der Waals surface area (Å²) in [5.41, 5.74) is 4.64. The van der Waals surface area contributed by atoms with Crippen LogP contribution >= 0.6 is 0 Å². The van der Waals surface area contributed by atoms with Crippen molar-refractivity contribution in [3.05, 3.63) is 89.0 Å². The lowest BCUT2D eigenvalue weighted by atomic mass is 10.00. The van der Waals surface area contributed by atoms with Crippen molar-refractivity contribution >= 4 is 19.2 Å². The first-order valence-electron chi connectivity index (χ1n) is 12.3. The molecule has 0 spiro atoms. The number of carboxylic acid groups (broad SMARTS) is 1. The standard InChI is InChI=1S/C29H37NO4Si/c1-4-27-24(12-17-29(32)33)6-5-7-28(27)34-21-35(2,3)26-15-10-23(11-16-26)20-30-19-18-22-8-13-25(31)14-9-22/h5-11,13-16,30-31H,4,12,17-21H2,1-3H3,(H,32,33). The summed E-state index contributed by atoms with van der Waals surface area (Å²) in [6, 6.07) is 22.2. The molecule has 3 rings (SSSR count). The SMILES string of the molecule is CCc1c(CCC(=O)O)cccc1OC[Si](C)(C)c1ccc(CNCCc2ccc(O)cc2)cc1. The highest BCUT2D eigenvalue weighted by molar-refractivity contribution is 6.89. The number of phenolic OH excluding ortho intramolecular Hbond substituents is 1. The minimum atomic E-state index is -1.82. The molecule has 0 unspecified atom stereocenters. The zero-order valence-corrected chi connectivity index (χ0v) is 22.0. The van der Waals surface area contributed by atoms with Crippen molar-refractivity contribution in [2.75, 3.05) is 12.8 Å². The van der Waals surface area contributed by atoms with E-state index in [1.54, 1.807) is 12.1 Å². The maximum atomic E-state index is 11.0. The monoisotopic (exact) mass is 491 g/mol. The van der Waals surface area contributed by atoms with Gasteiger partial charge in [-0.2, -0.15) is 0 Å². The van der Waals surface area contributed by atoms with E-state index in [4.69, 9.17) is 9.84 Å². The highest BCUT2D eigenvalue weighted by atomic mass is 28.3. The number of phenols is 1. The first-order chi connectivity index (χ1) is 16.8. The Morgan fingerprint density at radius 3 is 2.29 bits per heavy atom. The summed E-state index contributed by atoms with van der Waals surface area (Å²) >= 11 is 0. The minimum Gasteiger partial charge on any atom is -0.508 e. The lowest BCUT2D eigenvalue weighted by Gasteiger charge is -2.25. The molecular weight excluding hydrogens is 454 g/mol. The normalized spacial score (nSPS) is 11.4. The summed E-state index contributed by atoms with van der Waals surface area (Å²) in [6.07, 6.45) is 3.08. The average molecular weight is 492 g/mol. The van der Waals surface area contributed by atoms with Crippen LogP contribution in [0.15, 0.2) is 66.7 Å². The molecular formula is C29H37NO4Si. The fourth-order valence-electron chi connectivity index (χ4n) is 4.17. The Hall–Kier alpha value is -3.09. The first-order valence-corrected chi connectivity index (χ1v) is 15.5. The second-order valence-corrected chi connectivity index (χ2v) is 14.2. The van der Waals surface area contributed by atoms with Gasteiger partial charge in [-0.1, -0.05) is 73.7 Å². The molecule has 0 saturated heterocycles. The maximum Gasteiger partial charge on any atom is 0.303 e. The molecule has 35 heavy (non-hydrogen) atoms. The van der Waals surface area contributed by atoms with Crippen LogP contribution in [-0.2, 0) is 30.6 Å². The lowest BCUT2D eigenvalue weighted by molar-refractivity contribution is -0.136. The van der Waals surface area contributed by atoms with Gasteiger partial charge in [0.1, 0.15) is 19.6 Å². The number of aryl methyl sites for hydroxylation is 1. The lowest BCUT2D eigenvalue weighted by Crippen LogP contribution is -2.47. The third-order valence-electron chi connectivity index (χ3n) is 6.37. The Kier molecular flexibility index (Phi) is 9.52. The van der Waals surface area contributed by atoms with Crippen LogP contribution in [0, 0.1) is 0 Å². The third-order valence-corrected chi connectivity index (χ3v) is 9.13. The number of aromatic hydroxyl groups is 1. The molecule has 0 aromatic heterocycles. The van der Waals surface area contributed by atoms with E-state index in [0.29, 0.717) is 18.4 Å². The Morgan fingerprint density at radius 2 is 1.63 bits per heavy atom. The Bertz CT molecular complexity index is 1090. The van der Waals surface area contributed by atoms with Crippen LogP contribution in [0.3, 0.4) is 0 Å². The van der Waals surface area contributed by atoms with E-state index in [1.165, 1.54) is 16.3 Å². The number of hydrogen-bond donors (Lipinski definition) is 3. The number of nitrogens with one attached hydrogen (secondary N) is 1. The van der Waals surface area contributed by atoms with Crippen LogP contribution in [0.25, 0.3) is 0 Å². The van der Waals surface area contributed by atoms with E-state index in [1.807, 2.05) is 30.3 Å². The predicted octanol–water partition coefficient (Wildman–Crippen LogP) is 4.84. The molecule has 0 bridgehead atoms. The van der Waals surface area contributed by atoms with E-state index < -0.39 is 14.0 Å². The maximum absolute atomic E-state index is 11.0. The molecule has 186 valence electrons. The highest BCUT2D eigenvalue weighted by Gasteiger charge is 2.25. The largest absolute Gasteiger partial charge is 0.508 e. The van der Waals surface area contributed by atoms with Gasteiger partial charge in [0.05, 0.1) is 6.23 Å². The molecule has 3 N–H and O–H groups in total. The minimum absolute atomic E-state index is 0.134. The van der Waals surface area contributed by atoms with Gasteiger partial charge >= 0.3 is 5.97 Å². The Balaban J connectivity index is 1.53. The summed E-state index contributed by atoms with van der Waals surface area (Å²) in [5.74, 6) is 0.405. The number of carbonyl (C=O) groups is 1. The van der Waals surface area contributed by atoms with Gasteiger partial charge in [0, 0.05) is 13.0 Å². The van der Waals surface area contributed by atoms with E-state index in [0.717, 1.165) is 42.8 Å². The van der Waals surface area contributed by atoms with Gasteiger partial charge in [-0.3, -0.25) is 4.79 Å².